The number of sulfonamides is 1. The fraction of sp³-hybridized carbons (Fsp3) is 0.273. The minimum absolute atomic E-state index is 0.0819. The standard InChI is InChI=1S/C11H13ClN4O2S/c1-8-9(5-14-16(8)2)6-15-19(17,18)10-3-4-11(12)13-7-10/h3-5,7,15H,6H2,1-2H3. The number of pyridine rings is 1. The van der Waals surface area contributed by atoms with Crippen LogP contribution in [0, 0.1) is 6.92 Å². The van der Waals surface area contributed by atoms with E-state index in [1.807, 2.05) is 6.92 Å². The molecule has 8 heteroatoms. The summed E-state index contributed by atoms with van der Waals surface area (Å²) in [4.78, 5) is 3.83. The van der Waals surface area contributed by atoms with Crippen molar-refractivity contribution in [1.29, 1.82) is 0 Å². The summed E-state index contributed by atoms with van der Waals surface area (Å²) in [6, 6.07) is 2.85. The summed E-state index contributed by atoms with van der Waals surface area (Å²) in [6.07, 6.45) is 2.86. The summed E-state index contributed by atoms with van der Waals surface area (Å²) in [5.41, 5.74) is 1.74. The number of aryl methyl sites for hydroxylation is 1. The molecule has 1 N–H and O–H groups in total. The number of rotatable bonds is 4. The van der Waals surface area contributed by atoms with Crippen molar-refractivity contribution in [2.75, 3.05) is 0 Å². The van der Waals surface area contributed by atoms with Gasteiger partial charge in [-0.15, -0.1) is 0 Å². The first-order valence-corrected chi connectivity index (χ1v) is 7.35. The Kier molecular flexibility index (Phi) is 3.88. The number of nitrogens with one attached hydrogen (secondary N) is 1. The van der Waals surface area contributed by atoms with Crippen LogP contribution in [-0.4, -0.2) is 23.2 Å². The van der Waals surface area contributed by atoms with Gasteiger partial charge in [0.25, 0.3) is 0 Å². The summed E-state index contributed by atoms with van der Waals surface area (Å²) in [7, 11) is -1.79. The number of hydrogen-bond donors (Lipinski definition) is 1. The molecule has 0 unspecified atom stereocenters. The van der Waals surface area contributed by atoms with Crippen LogP contribution in [0.4, 0.5) is 0 Å². The average Bonchev–Trinajstić information content (AvgIpc) is 2.68. The zero-order valence-corrected chi connectivity index (χ0v) is 12.0. The van der Waals surface area contributed by atoms with Crippen molar-refractivity contribution >= 4 is 21.6 Å². The van der Waals surface area contributed by atoms with Gasteiger partial charge in [-0.1, -0.05) is 11.6 Å². The topological polar surface area (TPSA) is 76.9 Å². The maximum Gasteiger partial charge on any atom is 0.242 e. The van der Waals surface area contributed by atoms with Crippen molar-refractivity contribution in [3.05, 3.63) is 40.9 Å². The molecule has 0 fully saturated rings. The third kappa shape index (κ3) is 3.12. The largest absolute Gasteiger partial charge is 0.273 e. The lowest BCUT2D eigenvalue weighted by Crippen LogP contribution is -2.23. The molecule has 0 aromatic carbocycles. The molecule has 0 aliphatic heterocycles. The first-order valence-electron chi connectivity index (χ1n) is 5.49. The van der Waals surface area contributed by atoms with Gasteiger partial charge in [0, 0.05) is 31.0 Å². The van der Waals surface area contributed by atoms with Gasteiger partial charge in [-0.05, 0) is 19.1 Å². The molecule has 0 radical (unpaired) electrons. The van der Waals surface area contributed by atoms with E-state index in [-0.39, 0.29) is 16.6 Å². The Morgan fingerprint density at radius 2 is 2.11 bits per heavy atom. The first kappa shape index (κ1) is 14.0. The van der Waals surface area contributed by atoms with Gasteiger partial charge >= 0.3 is 0 Å². The van der Waals surface area contributed by atoms with E-state index in [0.29, 0.717) is 0 Å². The fourth-order valence-electron chi connectivity index (χ4n) is 1.50. The molecule has 0 bridgehead atoms. The maximum atomic E-state index is 12.0. The van der Waals surface area contributed by atoms with Crippen LogP contribution in [0.5, 0.6) is 0 Å². The molecule has 19 heavy (non-hydrogen) atoms. The molecule has 0 saturated carbocycles. The van der Waals surface area contributed by atoms with Crippen LogP contribution in [0.25, 0.3) is 0 Å². The molecule has 2 aromatic rings. The zero-order valence-electron chi connectivity index (χ0n) is 10.5. The van der Waals surface area contributed by atoms with Crippen molar-refractivity contribution < 1.29 is 8.42 Å². The smallest absolute Gasteiger partial charge is 0.242 e. The van der Waals surface area contributed by atoms with Gasteiger partial charge in [-0.2, -0.15) is 5.10 Å². The van der Waals surface area contributed by atoms with Crippen molar-refractivity contribution in [3.8, 4) is 0 Å². The van der Waals surface area contributed by atoms with E-state index in [1.165, 1.54) is 18.3 Å². The zero-order chi connectivity index (χ0) is 14.0. The summed E-state index contributed by atoms with van der Waals surface area (Å²) in [6.45, 7) is 2.06. The molecule has 2 aromatic heterocycles. The number of halogens is 1. The number of aromatic nitrogens is 3. The van der Waals surface area contributed by atoms with E-state index in [1.54, 1.807) is 17.9 Å². The summed E-state index contributed by atoms with van der Waals surface area (Å²) < 4.78 is 28.2. The molecule has 6 nitrogen and oxygen atoms in total. The highest BCUT2D eigenvalue weighted by Crippen LogP contribution is 2.12. The van der Waals surface area contributed by atoms with Crippen molar-refractivity contribution in [2.45, 2.75) is 18.4 Å². The second-order valence-electron chi connectivity index (χ2n) is 4.02. The van der Waals surface area contributed by atoms with E-state index >= 15 is 0 Å². The molecule has 0 atom stereocenters. The second-order valence-corrected chi connectivity index (χ2v) is 6.17. The van der Waals surface area contributed by atoms with Gasteiger partial charge in [-0.3, -0.25) is 4.68 Å². The van der Waals surface area contributed by atoms with Gasteiger partial charge < -0.3 is 0 Å². The van der Waals surface area contributed by atoms with Crippen LogP contribution in [0.3, 0.4) is 0 Å². The number of hydrogen-bond acceptors (Lipinski definition) is 4. The highest BCUT2D eigenvalue weighted by Gasteiger charge is 2.15. The predicted octanol–water partition coefficient (Wildman–Crippen LogP) is 1.26. The van der Waals surface area contributed by atoms with Crippen LogP contribution in [-0.2, 0) is 23.6 Å². The summed E-state index contributed by atoms with van der Waals surface area (Å²) >= 11 is 5.62. The first-order chi connectivity index (χ1) is 8.90. The highest BCUT2D eigenvalue weighted by atomic mass is 35.5. The van der Waals surface area contributed by atoms with Crippen LogP contribution >= 0.6 is 11.6 Å². The lowest BCUT2D eigenvalue weighted by molar-refractivity contribution is 0.580. The summed E-state index contributed by atoms with van der Waals surface area (Å²) in [5.74, 6) is 0. The molecule has 0 saturated heterocycles. The molecule has 0 spiro atoms. The monoisotopic (exact) mass is 300 g/mol. The predicted molar refractivity (Wildman–Crippen MR) is 71.2 cm³/mol. The second kappa shape index (κ2) is 5.28. The molecule has 0 aliphatic carbocycles. The van der Waals surface area contributed by atoms with E-state index in [4.69, 9.17) is 11.6 Å². The Labute approximate surface area is 116 Å². The minimum Gasteiger partial charge on any atom is -0.273 e. The quantitative estimate of drug-likeness (QED) is 0.862. The molecular formula is C11H13ClN4O2S. The van der Waals surface area contributed by atoms with E-state index in [9.17, 15) is 8.42 Å². The van der Waals surface area contributed by atoms with Crippen molar-refractivity contribution in [1.82, 2.24) is 19.5 Å². The van der Waals surface area contributed by atoms with Crippen LogP contribution in [0.15, 0.2) is 29.4 Å². The third-order valence-corrected chi connectivity index (χ3v) is 4.41. The highest BCUT2D eigenvalue weighted by molar-refractivity contribution is 7.89. The van der Waals surface area contributed by atoms with Crippen molar-refractivity contribution in [2.24, 2.45) is 7.05 Å². The Bertz CT molecular complexity index is 679. The van der Waals surface area contributed by atoms with Crippen LogP contribution in [0.2, 0.25) is 5.15 Å². The number of nitrogens with zero attached hydrogens (tertiary/aromatic N) is 3. The third-order valence-electron chi connectivity index (χ3n) is 2.80. The molecule has 102 valence electrons. The Morgan fingerprint density at radius 3 is 2.63 bits per heavy atom. The van der Waals surface area contributed by atoms with E-state index in [0.717, 1.165) is 11.3 Å². The fourth-order valence-corrected chi connectivity index (χ4v) is 2.56. The van der Waals surface area contributed by atoms with Gasteiger partial charge in [0.15, 0.2) is 0 Å². The van der Waals surface area contributed by atoms with Gasteiger partial charge in [-0.25, -0.2) is 18.1 Å². The molecule has 0 aliphatic rings. The van der Waals surface area contributed by atoms with Crippen molar-refractivity contribution in [3.63, 3.8) is 0 Å². The molecule has 2 heterocycles. The Balaban J connectivity index is 2.14. The molecular weight excluding hydrogens is 288 g/mol. The van der Waals surface area contributed by atoms with E-state index < -0.39 is 10.0 Å². The Morgan fingerprint density at radius 1 is 1.37 bits per heavy atom. The SMILES string of the molecule is Cc1c(CNS(=O)(=O)c2ccc(Cl)nc2)cnn1C. The summed E-state index contributed by atoms with van der Waals surface area (Å²) in [5, 5.41) is 4.31. The van der Waals surface area contributed by atoms with Crippen LogP contribution in [0.1, 0.15) is 11.3 Å². The van der Waals surface area contributed by atoms with Gasteiger partial charge in [0.1, 0.15) is 10.0 Å². The molecule has 0 amide bonds. The minimum atomic E-state index is -3.59. The van der Waals surface area contributed by atoms with Gasteiger partial charge in [0.2, 0.25) is 10.0 Å². The maximum absolute atomic E-state index is 12.0. The van der Waals surface area contributed by atoms with Crippen LogP contribution < -0.4 is 4.72 Å². The van der Waals surface area contributed by atoms with E-state index in [2.05, 4.69) is 14.8 Å². The molecule has 2 rings (SSSR count). The average molecular weight is 301 g/mol. The Hall–Kier alpha value is -1.44. The lowest BCUT2D eigenvalue weighted by Gasteiger charge is -2.06. The van der Waals surface area contributed by atoms with Gasteiger partial charge in [0.05, 0.1) is 6.20 Å². The normalized spacial score (nSPS) is 11.7. The lowest BCUT2D eigenvalue weighted by atomic mass is 10.3.